The van der Waals surface area contributed by atoms with Crippen LogP contribution in [0, 0.1) is 10.1 Å². The Balaban J connectivity index is 1.80. The Morgan fingerprint density at radius 2 is 2.00 bits per heavy atom. The number of aliphatic hydroxyl groups excluding tert-OH is 1. The third-order valence-electron chi connectivity index (χ3n) is 4.04. The van der Waals surface area contributed by atoms with Gasteiger partial charge in [-0.1, -0.05) is 49.4 Å². The minimum absolute atomic E-state index is 0.0139. The molecular weight excluding hydrogens is 366 g/mol. The van der Waals surface area contributed by atoms with Crippen LogP contribution < -0.4 is 0 Å². The van der Waals surface area contributed by atoms with Gasteiger partial charge in [0, 0.05) is 22.9 Å². The van der Waals surface area contributed by atoms with Gasteiger partial charge in [-0.05, 0) is 29.7 Å². The lowest BCUT2D eigenvalue weighted by molar-refractivity contribution is -0.384. The molecule has 1 heterocycles. The number of aromatic nitrogens is 2. The number of hydrogen-bond acceptors (Lipinski definition) is 7. The van der Waals surface area contributed by atoms with Crippen LogP contribution in [0.5, 0.6) is 0 Å². The number of nitro benzene ring substituents is 1. The second kappa shape index (κ2) is 8.79. The first kappa shape index (κ1) is 19.1. The maximum atomic E-state index is 11.0. The SMILES string of the molecule is CCCC(Sc1nnc(-c2ccc(CO)cc2)o1)c1cccc([N+](=O)[O-])c1. The molecule has 1 unspecified atom stereocenters. The number of nitrogens with zero attached hydrogens (tertiary/aromatic N) is 3. The minimum atomic E-state index is -0.391. The smallest absolute Gasteiger partial charge is 0.277 e. The number of thioether (sulfide) groups is 1. The lowest BCUT2D eigenvalue weighted by Gasteiger charge is -2.13. The summed E-state index contributed by atoms with van der Waals surface area (Å²) >= 11 is 1.41. The highest BCUT2D eigenvalue weighted by atomic mass is 32.2. The van der Waals surface area contributed by atoms with Gasteiger partial charge in [-0.2, -0.15) is 0 Å². The second-order valence-electron chi connectivity index (χ2n) is 5.98. The van der Waals surface area contributed by atoms with Crippen LogP contribution >= 0.6 is 11.8 Å². The van der Waals surface area contributed by atoms with Crippen molar-refractivity contribution in [2.75, 3.05) is 0 Å². The number of aliphatic hydroxyl groups is 1. The van der Waals surface area contributed by atoms with Crippen molar-refractivity contribution >= 4 is 17.4 Å². The molecule has 1 N–H and O–H groups in total. The van der Waals surface area contributed by atoms with Crippen molar-refractivity contribution in [3.05, 3.63) is 69.8 Å². The fourth-order valence-corrected chi connectivity index (χ4v) is 3.74. The molecule has 0 amide bonds. The van der Waals surface area contributed by atoms with Crippen LogP contribution in [-0.2, 0) is 6.61 Å². The molecule has 0 spiro atoms. The van der Waals surface area contributed by atoms with E-state index in [4.69, 9.17) is 9.52 Å². The van der Waals surface area contributed by atoms with Crippen LogP contribution in [0.2, 0.25) is 0 Å². The van der Waals surface area contributed by atoms with Gasteiger partial charge in [-0.3, -0.25) is 10.1 Å². The van der Waals surface area contributed by atoms with Crippen LogP contribution in [0.4, 0.5) is 5.69 Å². The highest BCUT2D eigenvalue weighted by molar-refractivity contribution is 7.99. The Kier molecular flexibility index (Phi) is 6.20. The van der Waals surface area contributed by atoms with E-state index in [1.54, 1.807) is 24.3 Å². The predicted octanol–water partition coefficient (Wildman–Crippen LogP) is 4.77. The Bertz CT molecular complexity index is 911. The number of benzene rings is 2. The van der Waals surface area contributed by atoms with Crippen molar-refractivity contribution in [3.8, 4) is 11.5 Å². The molecule has 0 fully saturated rings. The monoisotopic (exact) mass is 385 g/mol. The zero-order valence-corrected chi connectivity index (χ0v) is 15.6. The summed E-state index contributed by atoms with van der Waals surface area (Å²) in [4.78, 5) is 10.6. The molecule has 0 saturated heterocycles. The Morgan fingerprint density at radius 3 is 2.67 bits per heavy atom. The molecule has 1 atom stereocenters. The molecule has 3 aromatic rings. The molecule has 0 aliphatic heterocycles. The van der Waals surface area contributed by atoms with Gasteiger partial charge in [-0.15, -0.1) is 10.2 Å². The van der Waals surface area contributed by atoms with E-state index in [9.17, 15) is 10.1 Å². The van der Waals surface area contributed by atoms with Gasteiger partial charge in [-0.25, -0.2) is 0 Å². The molecule has 140 valence electrons. The van der Waals surface area contributed by atoms with Crippen LogP contribution in [-0.4, -0.2) is 20.2 Å². The highest BCUT2D eigenvalue weighted by Gasteiger charge is 2.19. The van der Waals surface area contributed by atoms with Gasteiger partial charge in [0.1, 0.15) is 0 Å². The summed E-state index contributed by atoms with van der Waals surface area (Å²) in [5.74, 6) is 0.399. The summed E-state index contributed by atoms with van der Waals surface area (Å²) in [6.07, 6.45) is 1.75. The fraction of sp³-hybridized carbons (Fsp3) is 0.263. The highest BCUT2D eigenvalue weighted by Crippen LogP contribution is 2.39. The largest absolute Gasteiger partial charge is 0.411 e. The lowest BCUT2D eigenvalue weighted by Crippen LogP contribution is -1.96. The molecule has 0 aliphatic carbocycles. The molecule has 2 aromatic carbocycles. The van der Waals surface area contributed by atoms with Crippen molar-refractivity contribution in [2.45, 2.75) is 36.8 Å². The van der Waals surface area contributed by atoms with E-state index < -0.39 is 4.92 Å². The van der Waals surface area contributed by atoms with E-state index in [1.807, 2.05) is 18.2 Å². The average molecular weight is 385 g/mol. The number of non-ortho nitro benzene ring substituents is 1. The molecule has 8 heteroatoms. The lowest BCUT2D eigenvalue weighted by atomic mass is 10.1. The summed E-state index contributed by atoms with van der Waals surface area (Å²) in [6.45, 7) is 2.04. The van der Waals surface area contributed by atoms with Gasteiger partial charge < -0.3 is 9.52 Å². The number of nitro groups is 1. The van der Waals surface area contributed by atoms with Gasteiger partial charge >= 0.3 is 0 Å². The summed E-state index contributed by atoms with van der Waals surface area (Å²) in [5.41, 5.74) is 2.52. The molecule has 7 nitrogen and oxygen atoms in total. The van der Waals surface area contributed by atoms with Crippen LogP contribution in [0.15, 0.2) is 58.2 Å². The minimum Gasteiger partial charge on any atom is -0.411 e. The van der Waals surface area contributed by atoms with Gasteiger partial charge in [0.05, 0.1) is 11.5 Å². The molecule has 0 aliphatic rings. The number of rotatable bonds is 8. The van der Waals surface area contributed by atoms with Gasteiger partial charge in [0.15, 0.2) is 0 Å². The standard InChI is InChI=1S/C19H19N3O4S/c1-2-4-17(15-5-3-6-16(11-15)22(24)25)27-19-21-20-18(26-19)14-9-7-13(12-23)8-10-14/h3,5-11,17,23H,2,4,12H2,1H3. The van der Waals surface area contributed by atoms with Crippen molar-refractivity contribution in [1.29, 1.82) is 0 Å². The maximum Gasteiger partial charge on any atom is 0.277 e. The average Bonchev–Trinajstić information content (AvgIpc) is 3.16. The van der Waals surface area contributed by atoms with Crippen LogP contribution in [0.3, 0.4) is 0 Å². The van der Waals surface area contributed by atoms with Crippen molar-refractivity contribution in [2.24, 2.45) is 0 Å². The molecule has 0 radical (unpaired) electrons. The summed E-state index contributed by atoms with van der Waals surface area (Å²) in [6, 6.07) is 13.9. The quantitative estimate of drug-likeness (QED) is 0.338. The topological polar surface area (TPSA) is 102 Å². The first-order valence-corrected chi connectivity index (χ1v) is 9.43. The van der Waals surface area contributed by atoms with E-state index in [-0.39, 0.29) is 17.5 Å². The van der Waals surface area contributed by atoms with E-state index in [1.165, 1.54) is 17.8 Å². The fourth-order valence-electron chi connectivity index (χ4n) is 2.64. The van der Waals surface area contributed by atoms with E-state index in [2.05, 4.69) is 17.1 Å². The molecule has 0 saturated carbocycles. The first-order chi connectivity index (χ1) is 13.1. The first-order valence-electron chi connectivity index (χ1n) is 8.55. The van der Waals surface area contributed by atoms with Crippen molar-refractivity contribution in [1.82, 2.24) is 10.2 Å². The van der Waals surface area contributed by atoms with Crippen LogP contribution in [0.25, 0.3) is 11.5 Å². The Labute approximate surface area is 160 Å². The zero-order chi connectivity index (χ0) is 19.2. The van der Waals surface area contributed by atoms with E-state index >= 15 is 0 Å². The van der Waals surface area contributed by atoms with Gasteiger partial charge in [0.25, 0.3) is 10.9 Å². The molecule has 1 aromatic heterocycles. The molecular formula is C19H19N3O4S. The normalized spacial score (nSPS) is 12.1. The molecule has 3 rings (SSSR count). The third-order valence-corrected chi connectivity index (χ3v) is 5.20. The predicted molar refractivity (Wildman–Crippen MR) is 102 cm³/mol. The third kappa shape index (κ3) is 4.72. The van der Waals surface area contributed by atoms with E-state index in [0.717, 1.165) is 29.5 Å². The van der Waals surface area contributed by atoms with Gasteiger partial charge in [0.2, 0.25) is 5.89 Å². The number of hydrogen-bond donors (Lipinski definition) is 1. The van der Waals surface area contributed by atoms with E-state index in [0.29, 0.717) is 11.1 Å². The van der Waals surface area contributed by atoms with Crippen LogP contribution in [0.1, 0.15) is 36.1 Å². The Morgan fingerprint density at radius 1 is 1.22 bits per heavy atom. The summed E-state index contributed by atoms with van der Waals surface area (Å²) in [7, 11) is 0. The molecule has 27 heavy (non-hydrogen) atoms. The zero-order valence-electron chi connectivity index (χ0n) is 14.7. The Hall–Kier alpha value is -2.71. The van der Waals surface area contributed by atoms with Crippen molar-refractivity contribution in [3.63, 3.8) is 0 Å². The molecule has 0 bridgehead atoms. The second-order valence-corrected chi connectivity index (χ2v) is 7.13. The van der Waals surface area contributed by atoms with Crippen molar-refractivity contribution < 1.29 is 14.4 Å². The maximum absolute atomic E-state index is 11.0. The summed E-state index contributed by atoms with van der Waals surface area (Å²) in [5, 5.41) is 28.8. The summed E-state index contributed by atoms with van der Waals surface area (Å²) < 4.78 is 5.76.